The fraction of sp³-hybridized carbons (Fsp3) is 0.312. The molecule has 1 fully saturated rings. The van der Waals surface area contributed by atoms with Crippen molar-refractivity contribution in [3.8, 4) is 0 Å². The van der Waals surface area contributed by atoms with Crippen LogP contribution in [-0.4, -0.2) is 11.9 Å². The Morgan fingerprint density at radius 2 is 1.85 bits per heavy atom. The molecule has 20 heavy (non-hydrogen) atoms. The smallest absolute Gasteiger partial charge is 0.227 e. The number of hydrogen-bond donors (Lipinski definition) is 2. The average molecular weight is 291 g/mol. The van der Waals surface area contributed by atoms with E-state index >= 15 is 0 Å². The molecule has 0 bridgehead atoms. The third-order valence-electron chi connectivity index (χ3n) is 3.89. The first-order valence-corrected chi connectivity index (χ1v) is 6.78. The molecule has 3 rings (SSSR count). The number of anilines is 1. The molecule has 1 amide bonds. The minimum Gasteiger partial charge on any atom is -0.328 e. The summed E-state index contributed by atoms with van der Waals surface area (Å²) in [5.41, 5.74) is 6.76. The molecule has 1 aliphatic carbocycles. The second-order valence-electron chi connectivity index (χ2n) is 5.29. The Hall–Kier alpha value is -1.58. The predicted octanol–water partition coefficient (Wildman–Crippen LogP) is 3.33. The number of benzene rings is 2. The molecule has 0 spiro atoms. The normalized spacial score (nSPS) is 21.4. The van der Waals surface area contributed by atoms with Crippen molar-refractivity contribution in [2.45, 2.75) is 25.3 Å². The first-order chi connectivity index (χ1) is 9.24. The van der Waals surface area contributed by atoms with E-state index in [1.165, 1.54) is 0 Å². The van der Waals surface area contributed by atoms with E-state index in [2.05, 4.69) is 17.4 Å². The Balaban J connectivity index is 0.00000147. The lowest BCUT2D eigenvalue weighted by Gasteiger charge is -2.12. The quantitative estimate of drug-likeness (QED) is 0.891. The molecule has 0 aliphatic heterocycles. The fourth-order valence-electron chi connectivity index (χ4n) is 2.82. The van der Waals surface area contributed by atoms with Gasteiger partial charge in [0.05, 0.1) is 0 Å². The molecule has 106 valence electrons. The molecule has 0 radical (unpaired) electrons. The van der Waals surface area contributed by atoms with Crippen molar-refractivity contribution in [3.05, 3.63) is 42.5 Å². The highest BCUT2D eigenvalue weighted by atomic mass is 35.5. The third-order valence-corrected chi connectivity index (χ3v) is 3.89. The van der Waals surface area contributed by atoms with Gasteiger partial charge in [-0.2, -0.15) is 0 Å². The van der Waals surface area contributed by atoms with Gasteiger partial charge in [0.1, 0.15) is 0 Å². The molecule has 0 heterocycles. The summed E-state index contributed by atoms with van der Waals surface area (Å²) >= 11 is 0. The molecule has 2 atom stereocenters. The van der Waals surface area contributed by atoms with Gasteiger partial charge in [-0.1, -0.05) is 36.4 Å². The molecule has 2 aromatic carbocycles. The summed E-state index contributed by atoms with van der Waals surface area (Å²) in [6, 6.07) is 14.2. The van der Waals surface area contributed by atoms with Gasteiger partial charge in [-0.3, -0.25) is 4.79 Å². The van der Waals surface area contributed by atoms with Gasteiger partial charge in [-0.15, -0.1) is 12.4 Å². The molecule has 3 N–H and O–H groups in total. The highest BCUT2D eigenvalue weighted by Crippen LogP contribution is 2.28. The Morgan fingerprint density at radius 3 is 2.60 bits per heavy atom. The molecular formula is C16H19ClN2O. The van der Waals surface area contributed by atoms with Crippen molar-refractivity contribution in [2.75, 3.05) is 5.32 Å². The van der Waals surface area contributed by atoms with E-state index in [-0.39, 0.29) is 30.3 Å². The minimum absolute atomic E-state index is 0. The van der Waals surface area contributed by atoms with Crippen LogP contribution in [0.25, 0.3) is 10.8 Å². The van der Waals surface area contributed by atoms with Crippen LogP contribution in [0.3, 0.4) is 0 Å². The summed E-state index contributed by atoms with van der Waals surface area (Å²) in [4.78, 5) is 12.2. The zero-order chi connectivity index (χ0) is 13.2. The summed E-state index contributed by atoms with van der Waals surface area (Å²) in [5, 5.41) is 5.28. The zero-order valence-electron chi connectivity index (χ0n) is 11.2. The molecule has 2 unspecified atom stereocenters. The molecular weight excluding hydrogens is 272 g/mol. The van der Waals surface area contributed by atoms with Crippen LogP contribution in [0.1, 0.15) is 19.3 Å². The van der Waals surface area contributed by atoms with Crippen LogP contribution in [0.5, 0.6) is 0 Å². The molecule has 1 saturated carbocycles. The van der Waals surface area contributed by atoms with Crippen LogP contribution in [0.15, 0.2) is 42.5 Å². The van der Waals surface area contributed by atoms with E-state index in [1.807, 2.05) is 30.3 Å². The molecule has 2 aromatic rings. The van der Waals surface area contributed by atoms with E-state index in [0.717, 1.165) is 35.7 Å². The molecule has 3 nitrogen and oxygen atoms in total. The summed E-state index contributed by atoms with van der Waals surface area (Å²) < 4.78 is 0. The average Bonchev–Trinajstić information content (AvgIpc) is 2.86. The number of fused-ring (bicyclic) bond motifs is 1. The second-order valence-corrected chi connectivity index (χ2v) is 5.29. The van der Waals surface area contributed by atoms with Crippen molar-refractivity contribution in [1.29, 1.82) is 0 Å². The van der Waals surface area contributed by atoms with Crippen LogP contribution in [0, 0.1) is 5.92 Å². The largest absolute Gasteiger partial charge is 0.328 e. The Bertz CT molecular complexity index is 609. The Morgan fingerprint density at radius 1 is 1.10 bits per heavy atom. The standard InChI is InChI=1S/C16H18N2O.ClH/c17-13-9-8-12(10-13)16(19)18-15-7-3-5-11-4-1-2-6-14(11)15;/h1-7,12-13H,8-10,17H2,(H,18,19);1H. The number of rotatable bonds is 2. The maximum atomic E-state index is 12.2. The van der Waals surface area contributed by atoms with Crippen LogP contribution in [0.4, 0.5) is 5.69 Å². The van der Waals surface area contributed by atoms with Crippen molar-refractivity contribution in [3.63, 3.8) is 0 Å². The monoisotopic (exact) mass is 290 g/mol. The lowest BCUT2D eigenvalue weighted by Crippen LogP contribution is -2.23. The SMILES string of the molecule is Cl.NC1CCC(C(=O)Nc2cccc3ccccc23)C1. The minimum atomic E-state index is 0. The van der Waals surface area contributed by atoms with Gasteiger partial charge in [0, 0.05) is 23.0 Å². The van der Waals surface area contributed by atoms with Crippen LogP contribution in [0.2, 0.25) is 0 Å². The van der Waals surface area contributed by atoms with Crippen LogP contribution >= 0.6 is 12.4 Å². The Labute approximate surface area is 125 Å². The number of amides is 1. The van der Waals surface area contributed by atoms with Gasteiger partial charge in [-0.05, 0) is 30.7 Å². The van der Waals surface area contributed by atoms with Crippen molar-refractivity contribution < 1.29 is 4.79 Å². The first-order valence-electron chi connectivity index (χ1n) is 6.78. The molecule has 0 saturated heterocycles. The lowest BCUT2D eigenvalue weighted by molar-refractivity contribution is -0.119. The van der Waals surface area contributed by atoms with Gasteiger partial charge >= 0.3 is 0 Å². The first kappa shape index (κ1) is 14.8. The van der Waals surface area contributed by atoms with E-state index in [4.69, 9.17) is 5.73 Å². The van der Waals surface area contributed by atoms with Gasteiger partial charge in [0.15, 0.2) is 0 Å². The number of halogens is 1. The zero-order valence-corrected chi connectivity index (χ0v) is 12.0. The van der Waals surface area contributed by atoms with Gasteiger partial charge < -0.3 is 11.1 Å². The molecule has 1 aliphatic rings. The topological polar surface area (TPSA) is 55.1 Å². The van der Waals surface area contributed by atoms with Gasteiger partial charge in [0.2, 0.25) is 5.91 Å². The third kappa shape index (κ3) is 2.94. The Kier molecular flexibility index (Phi) is 4.63. The van der Waals surface area contributed by atoms with Crippen molar-refractivity contribution in [1.82, 2.24) is 0 Å². The number of carbonyl (C=O) groups excluding carboxylic acids is 1. The van der Waals surface area contributed by atoms with E-state index in [1.54, 1.807) is 0 Å². The predicted molar refractivity (Wildman–Crippen MR) is 85.1 cm³/mol. The lowest BCUT2D eigenvalue weighted by atomic mass is 10.1. The summed E-state index contributed by atoms with van der Waals surface area (Å²) in [6.07, 6.45) is 2.65. The number of nitrogens with two attached hydrogens (primary N) is 1. The van der Waals surface area contributed by atoms with E-state index < -0.39 is 0 Å². The molecule has 4 heteroatoms. The fourth-order valence-corrected chi connectivity index (χ4v) is 2.82. The van der Waals surface area contributed by atoms with E-state index in [0.29, 0.717) is 0 Å². The van der Waals surface area contributed by atoms with Crippen LogP contribution in [-0.2, 0) is 4.79 Å². The summed E-state index contributed by atoms with van der Waals surface area (Å²) in [6.45, 7) is 0. The number of hydrogen-bond acceptors (Lipinski definition) is 2. The van der Waals surface area contributed by atoms with Crippen LogP contribution < -0.4 is 11.1 Å². The maximum absolute atomic E-state index is 12.2. The molecule has 0 aromatic heterocycles. The van der Waals surface area contributed by atoms with Gasteiger partial charge in [0.25, 0.3) is 0 Å². The summed E-state index contributed by atoms with van der Waals surface area (Å²) in [7, 11) is 0. The van der Waals surface area contributed by atoms with E-state index in [9.17, 15) is 4.79 Å². The second kappa shape index (κ2) is 6.25. The highest BCUT2D eigenvalue weighted by molar-refractivity contribution is 6.02. The van der Waals surface area contributed by atoms with Crippen molar-refractivity contribution >= 4 is 34.8 Å². The number of carbonyl (C=O) groups is 1. The van der Waals surface area contributed by atoms with Crippen molar-refractivity contribution in [2.24, 2.45) is 11.7 Å². The highest BCUT2D eigenvalue weighted by Gasteiger charge is 2.27. The van der Waals surface area contributed by atoms with Gasteiger partial charge in [-0.25, -0.2) is 0 Å². The summed E-state index contributed by atoms with van der Waals surface area (Å²) in [5.74, 6) is 0.165. The maximum Gasteiger partial charge on any atom is 0.227 e. The number of nitrogens with one attached hydrogen (secondary N) is 1.